The molecule has 2 aromatic carbocycles. The van der Waals surface area contributed by atoms with Crippen LogP contribution in [0.25, 0.3) is 0 Å². The summed E-state index contributed by atoms with van der Waals surface area (Å²) in [6, 6.07) is 14.1. The SMILES string of the molecule is O=C(Cc1ccccc1Cl)NNC(=O)C1COc2ccccc2O1. The van der Waals surface area contributed by atoms with Crippen LogP contribution in [0.5, 0.6) is 11.5 Å². The first-order valence-electron chi connectivity index (χ1n) is 7.34. The minimum absolute atomic E-state index is 0.0603. The van der Waals surface area contributed by atoms with Crippen LogP contribution >= 0.6 is 11.6 Å². The molecule has 0 fully saturated rings. The summed E-state index contributed by atoms with van der Waals surface area (Å²) >= 11 is 6.00. The Balaban J connectivity index is 1.51. The van der Waals surface area contributed by atoms with Crippen molar-refractivity contribution in [1.29, 1.82) is 0 Å². The maximum atomic E-state index is 12.1. The zero-order valence-electron chi connectivity index (χ0n) is 12.6. The summed E-state index contributed by atoms with van der Waals surface area (Å²) in [7, 11) is 0. The van der Waals surface area contributed by atoms with Crippen molar-refractivity contribution in [2.75, 3.05) is 6.61 Å². The molecule has 0 bridgehead atoms. The number of fused-ring (bicyclic) bond motifs is 1. The van der Waals surface area contributed by atoms with E-state index in [1.807, 2.05) is 6.07 Å². The number of carbonyl (C=O) groups is 2. The van der Waals surface area contributed by atoms with E-state index in [1.165, 1.54) is 0 Å². The molecule has 124 valence electrons. The molecule has 0 saturated carbocycles. The molecule has 6 nitrogen and oxygen atoms in total. The summed E-state index contributed by atoms with van der Waals surface area (Å²) < 4.78 is 11.0. The Labute approximate surface area is 143 Å². The molecule has 1 atom stereocenters. The third-order valence-corrected chi connectivity index (χ3v) is 3.80. The highest BCUT2D eigenvalue weighted by Gasteiger charge is 2.27. The van der Waals surface area contributed by atoms with Crippen molar-refractivity contribution in [1.82, 2.24) is 10.9 Å². The van der Waals surface area contributed by atoms with Crippen LogP contribution in [-0.2, 0) is 16.0 Å². The second-order valence-corrected chi connectivity index (χ2v) is 5.58. The molecule has 2 aromatic rings. The molecule has 24 heavy (non-hydrogen) atoms. The van der Waals surface area contributed by atoms with Gasteiger partial charge < -0.3 is 9.47 Å². The highest BCUT2D eigenvalue weighted by Crippen LogP contribution is 2.30. The van der Waals surface area contributed by atoms with Crippen molar-refractivity contribution < 1.29 is 19.1 Å². The summed E-state index contributed by atoms with van der Waals surface area (Å²) in [4.78, 5) is 24.0. The van der Waals surface area contributed by atoms with Crippen LogP contribution in [0.15, 0.2) is 48.5 Å². The lowest BCUT2D eigenvalue weighted by Crippen LogP contribution is -2.51. The van der Waals surface area contributed by atoms with E-state index in [4.69, 9.17) is 21.1 Å². The third-order valence-electron chi connectivity index (χ3n) is 3.43. The molecule has 0 aromatic heterocycles. The first-order valence-corrected chi connectivity index (χ1v) is 7.72. The van der Waals surface area contributed by atoms with Gasteiger partial charge in [0.2, 0.25) is 12.0 Å². The number of hydrogen-bond acceptors (Lipinski definition) is 4. The number of para-hydroxylation sites is 2. The van der Waals surface area contributed by atoms with Gasteiger partial charge in [0.05, 0.1) is 6.42 Å². The Morgan fingerprint density at radius 2 is 1.75 bits per heavy atom. The largest absolute Gasteiger partial charge is 0.485 e. The Hall–Kier alpha value is -2.73. The fourth-order valence-electron chi connectivity index (χ4n) is 2.22. The molecular weight excluding hydrogens is 332 g/mol. The second kappa shape index (κ2) is 7.23. The Kier molecular flexibility index (Phi) is 4.86. The van der Waals surface area contributed by atoms with Gasteiger partial charge in [-0.05, 0) is 23.8 Å². The summed E-state index contributed by atoms with van der Waals surface area (Å²) in [6.45, 7) is 0.0726. The third kappa shape index (κ3) is 3.78. The van der Waals surface area contributed by atoms with E-state index in [0.29, 0.717) is 22.1 Å². The minimum Gasteiger partial charge on any atom is -0.485 e. The van der Waals surface area contributed by atoms with Crippen molar-refractivity contribution in [3.8, 4) is 11.5 Å². The van der Waals surface area contributed by atoms with E-state index in [0.717, 1.165) is 0 Å². The van der Waals surface area contributed by atoms with Crippen molar-refractivity contribution >= 4 is 23.4 Å². The number of halogens is 1. The van der Waals surface area contributed by atoms with Gasteiger partial charge in [-0.15, -0.1) is 0 Å². The van der Waals surface area contributed by atoms with Crippen LogP contribution in [0.2, 0.25) is 5.02 Å². The van der Waals surface area contributed by atoms with Crippen molar-refractivity contribution in [2.24, 2.45) is 0 Å². The molecule has 2 amide bonds. The predicted molar refractivity (Wildman–Crippen MR) is 87.8 cm³/mol. The molecule has 1 aliphatic rings. The zero-order valence-corrected chi connectivity index (χ0v) is 13.4. The minimum atomic E-state index is -0.833. The van der Waals surface area contributed by atoms with Gasteiger partial charge >= 0.3 is 0 Å². The van der Waals surface area contributed by atoms with Gasteiger partial charge in [0.15, 0.2) is 11.5 Å². The molecule has 1 unspecified atom stereocenters. The smallest absolute Gasteiger partial charge is 0.283 e. The van der Waals surface area contributed by atoms with Crippen LogP contribution in [0.4, 0.5) is 0 Å². The average molecular weight is 347 g/mol. The summed E-state index contributed by atoms with van der Waals surface area (Å²) in [5.74, 6) is 0.209. The number of rotatable bonds is 3. The highest BCUT2D eigenvalue weighted by atomic mass is 35.5. The zero-order chi connectivity index (χ0) is 16.9. The van der Waals surface area contributed by atoms with E-state index in [2.05, 4.69) is 10.9 Å². The lowest BCUT2D eigenvalue weighted by atomic mass is 10.1. The molecule has 1 heterocycles. The standard InChI is InChI=1S/C17H15ClN2O4/c18-12-6-2-1-5-11(12)9-16(21)19-20-17(22)15-10-23-13-7-3-4-8-14(13)24-15/h1-8,15H,9-10H2,(H,19,21)(H,20,22). The number of benzene rings is 2. The van der Waals surface area contributed by atoms with Gasteiger partial charge in [-0.1, -0.05) is 41.9 Å². The van der Waals surface area contributed by atoms with Crippen LogP contribution in [0, 0.1) is 0 Å². The Morgan fingerprint density at radius 1 is 1.04 bits per heavy atom. The number of amides is 2. The topological polar surface area (TPSA) is 76.7 Å². The fourth-order valence-corrected chi connectivity index (χ4v) is 2.42. The van der Waals surface area contributed by atoms with Crippen molar-refractivity contribution in [3.05, 3.63) is 59.1 Å². The average Bonchev–Trinajstić information content (AvgIpc) is 2.61. The summed E-state index contributed by atoms with van der Waals surface area (Å²) in [6.07, 6.45) is -0.773. The highest BCUT2D eigenvalue weighted by molar-refractivity contribution is 6.31. The predicted octanol–water partition coefficient (Wildman–Crippen LogP) is 1.87. The molecule has 1 aliphatic heterocycles. The van der Waals surface area contributed by atoms with Gasteiger partial charge in [-0.25, -0.2) is 0 Å². The van der Waals surface area contributed by atoms with E-state index in [9.17, 15) is 9.59 Å². The number of carbonyl (C=O) groups excluding carboxylic acids is 2. The van der Waals surface area contributed by atoms with E-state index >= 15 is 0 Å². The van der Waals surface area contributed by atoms with E-state index in [1.54, 1.807) is 42.5 Å². The van der Waals surface area contributed by atoms with Crippen LogP contribution in [0.3, 0.4) is 0 Å². The maximum absolute atomic E-state index is 12.1. The van der Waals surface area contributed by atoms with E-state index in [-0.39, 0.29) is 18.9 Å². The number of hydrazine groups is 1. The fraction of sp³-hybridized carbons (Fsp3) is 0.176. The normalized spacial score (nSPS) is 15.5. The van der Waals surface area contributed by atoms with Crippen LogP contribution in [-0.4, -0.2) is 24.5 Å². The lowest BCUT2D eigenvalue weighted by molar-refractivity contribution is -0.134. The van der Waals surface area contributed by atoms with E-state index < -0.39 is 12.0 Å². The summed E-state index contributed by atoms with van der Waals surface area (Å²) in [5.41, 5.74) is 5.36. The van der Waals surface area contributed by atoms with Gasteiger partial charge in [0.1, 0.15) is 6.61 Å². The second-order valence-electron chi connectivity index (χ2n) is 5.17. The van der Waals surface area contributed by atoms with Gasteiger partial charge in [-0.2, -0.15) is 0 Å². The molecule has 0 saturated heterocycles. The van der Waals surface area contributed by atoms with Crippen LogP contribution in [0.1, 0.15) is 5.56 Å². The quantitative estimate of drug-likeness (QED) is 0.832. The van der Waals surface area contributed by atoms with Crippen molar-refractivity contribution in [3.63, 3.8) is 0 Å². The number of hydrogen-bond donors (Lipinski definition) is 2. The molecule has 0 radical (unpaired) electrons. The first kappa shape index (κ1) is 16.1. The molecular formula is C17H15ClN2O4. The molecule has 2 N–H and O–H groups in total. The van der Waals surface area contributed by atoms with Gasteiger partial charge in [0.25, 0.3) is 5.91 Å². The first-order chi connectivity index (χ1) is 11.6. The Bertz CT molecular complexity index is 766. The molecule has 0 aliphatic carbocycles. The summed E-state index contributed by atoms with van der Waals surface area (Å²) in [5, 5.41) is 0.500. The maximum Gasteiger partial charge on any atom is 0.283 e. The number of nitrogens with one attached hydrogen (secondary N) is 2. The van der Waals surface area contributed by atoms with Crippen molar-refractivity contribution in [2.45, 2.75) is 12.5 Å². The number of ether oxygens (including phenoxy) is 2. The monoisotopic (exact) mass is 346 g/mol. The van der Waals surface area contributed by atoms with Gasteiger partial charge in [-0.3, -0.25) is 20.4 Å². The van der Waals surface area contributed by atoms with Crippen LogP contribution < -0.4 is 20.3 Å². The van der Waals surface area contributed by atoms with Gasteiger partial charge in [0, 0.05) is 5.02 Å². The molecule has 0 spiro atoms. The lowest BCUT2D eigenvalue weighted by Gasteiger charge is -2.25. The molecule has 3 rings (SSSR count). The molecule has 7 heteroatoms. The Morgan fingerprint density at radius 3 is 2.54 bits per heavy atom.